The molecule has 6 heteroatoms. The van der Waals surface area contributed by atoms with E-state index in [1.807, 2.05) is 24.7 Å². The number of hydrogen-bond donors (Lipinski definition) is 1. The molecule has 0 radical (unpaired) electrons. The van der Waals surface area contributed by atoms with Crippen molar-refractivity contribution in [1.29, 1.82) is 0 Å². The topological polar surface area (TPSA) is 67.2 Å². The Kier molecular flexibility index (Phi) is 3.47. The van der Waals surface area contributed by atoms with Crippen LogP contribution in [0.15, 0.2) is 12.4 Å². The molecule has 1 aliphatic carbocycles. The fraction of sp³-hybridized carbons (Fsp3) is 0.667. The van der Waals surface area contributed by atoms with Crippen molar-refractivity contribution in [2.75, 3.05) is 11.4 Å². The molecule has 114 valence electrons. The van der Waals surface area contributed by atoms with Crippen LogP contribution in [0.4, 0.5) is 5.69 Å². The highest BCUT2D eigenvalue weighted by atomic mass is 16.2. The predicted octanol–water partition coefficient (Wildman–Crippen LogP) is 1.63. The summed E-state index contributed by atoms with van der Waals surface area (Å²) in [5.41, 5.74) is 0.0292. The monoisotopic (exact) mass is 290 g/mol. The second-order valence-electron chi connectivity index (χ2n) is 6.35. The Morgan fingerprint density at radius 1 is 1.24 bits per heavy atom. The predicted molar refractivity (Wildman–Crippen MR) is 78.9 cm³/mol. The Labute approximate surface area is 124 Å². The molecule has 0 atom stereocenters. The average molecular weight is 290 g/mol. The lowest BCUT2D eigenvalue weighted by Crippen LogP contribution is -2.67. The highest BCUT2D eigenvalue weighted by Crippen LogP contribution is 2.33. The number of carbonyl (C=O) groups is 2. The van der Waals surface area contributed by atoms with E-state index in [0.29, 0.717) is 5.69 Å². The third-order valence-electron chi connectivity index (χ3n) is 4.47. The van der Waals surface area contributed by atoms with Crippen LogP contribution >= 0.6 is 0 Å². The zero-order valence-corrected chi connectivity index (χ0v) is 12.6. The van der Waals surface area contributed by atoms with Gasteiger partial charge in [-0.3, -0.25) is 19.2 Å². The number of anilines is 1. The van der Waals surface area contributed by atoms with E-state index in [9.17, 15) is 9.59 Å². The normalized spacial score (nSPS) is 22.0. The van der Waals surface area contributed by atoms with E-state index in [1.165, 1.54) is 0 Å². The number of piperazine rings is 1. The van der Waals surface area contributed by atoms with Crippen LogP contribution in [0.5, 0.6) is 0 Å². The first-order valence-corrected chi connectivity index (χ1v) is 7.69. The maximum atomic E-state index is 12.9. The van der Waals surface area contributed by atoms with Gasteiger partial charge >= 0.3 is 0 Å². The van der Waals surface area contributed by atoms with Crippen molar-refractivity contribution >= 4 is 17.5 Å². The Morgan fingerprint density at radius 2 is 1.95 bits per heavy atom. The summed E-state index contributed by atoms with van der Waals surface area (Å²) in [5.74, 6) is -0.0566. The van der Waals surface area contributed by atoms with Gasteiger partial charge in [0.05, 0.1) is 11.9 Å². The third-order valence-corrected chi connectivity index (χ3v) is 4.47. The number of rotatable bonds is 2. The molecule has 2 fully saturated rings. The van der Waals surface area contributed by atoms with Gasteiger partial charge < -0.3 is 5.32 Å². The van der Waals surface area contributed by atoms with Crippen LogP contribution in [0.25, 0.3) is 0 Å². The van der Waals surface area contributed by atoms with Gasteiger partial charge in [-0.2, -0.15) is 5.10 Å². The number of amides is 2. The molecule has 0 bridgehead atoms. The second-order valence-corrected chi connectivity index (χ2v) is 6.35. The molecule has 1 spiro atoms. The Morgan fingerprint density at radius 3 is 2.57 bits per heavy atom. The molecular weight excluding hydrogens is 268 g/mol. The van der Waals surface area contributed by atoms with Crippen molar-refractivity contribution in [2.24, 2.45) is 0 Å². The first kappa shape index (κ1) is 14.1. The smallest absolute Gasteiger partial charge is 0.253 e. The van der Waals surface area contributed by atoms with Gasteiger partial charge in [-0.1, -0.05) is 19.3 Å². The molecule has 1 aromatic heterocycles. The van der Waals surface area contributed by atoms with E-state index in [4.69, 9.17) is 0 Å². The molecule has 1 aliphatic heterocycles. The highest BCUT2D eigenvalue weighted by molar-refractivity contribution is 6.09. The van der Waals surface area contributed by atoms with Gasteiger partial charge in [0.1, 0.15) is 12.1 Å². The van der Waals surface area contributed by atoms with E-state index in [-0.39, 0.29) is 24.4 Å². The summed E-state index contributed by atoms with van der Waals surface area (Å²) >= 11 is 0. The Bertz CT molecular complexity index is 558. The molecule has 21 heavy (non-hydrogen) atoms. The largest absolute Gasteiger partial charge is 0.340 e. The molecule has 0 aromatic carbocycles. The number of aromatic nitrogens is 2. The van der Waals surface area contributed by atoms with Crippen LogP contribution in [0.2, 0.25) is 0 Å². The summed E-state index contributed by atoms with van der Waals surface area (Å²) in [6.07, 6.45) is 8.12. The van der Waals surface area contributed by atoms with E-state index in [2.05, 4.69) is 10.4 Å². The van der Waals surface area contributed by atoms with Crippen LogP contribution < -0.4 is 10.2 Å². The van der Waals surface area contributed by atoms with Crippen LogP contribution in [-0.2, 0) is 9.59 Å². The standard InChI is InChI=1S/C15H22N4O2/c1-11(2)19-9-12(8-16-19)18-10-13(20)17-15(14(18)21)6-4-3-5-7-15/h8-9,11H,3-7,10H2,1-2H3,(H,17,20). The van der Waals surface area contributed by atoms with Crippen molar-refractivity contribution in [3.8, 4) is 0 Å². The van der Waals surface area contributed by atoms with Crippen molar-refractivity contribution in [3.63, 3.8) is 0 Å². The van der Waals surface area contributed by atoms with E-state index in [0.717, 1.165) is 32.1 Å². The first-order valence-electron chi connectivity index (χ1n) is 7.69. The highest BCUT2D eigenvalue weighted by Gasteiger charge is 2.47. The molecule has 3 rings (SSSR count). The molecule has 2 heterocycles. The van der Waals surface area contributed by atoms with Gasteiger partial charge in [0.2, 0.25) is 5.91 Å². The average Bonchev–Trinajstić information content (AvgIpc) is 2.94. The Balaban J connectivity index is 1.90. The molecular formula is C15H22N4O2. The Hall–Kier alpha value is -1.85. The van der Waals surface area contributed by atoms with Crippen LogP contribution in [0, 0.1) is 0 Å². The molecule has 1 N–H and O–H groups in total. The zero-order chi connectivity index (χ0) is 15.0. The molecule has 2 amide bonds. The van der Waals surface area contributed by atoms with Crippen molar-refractivity contribution in [3.05, 3.63) is 12.4 Å². The minimum absolute atomic E-state index is 0.0186. The first-order chi connectivity index (χ1) is 10.0. The molecule has 2 aliphatic rings. The molecule has 6 nitrogen and oxygen atoms in total. The number of hydrogen-bond acceptors (Lipinski definition) is 3. The summed E-state index contributed by atoms with van der Waals surface area (Å²) in [5, 5.41) is 7.23. The lowest BCUT2D eigenvalue weighted by Gasteiger charge is -2.43. The molecule has 1 aromatic rings. The molecule has 1 saturated carbocycles. The van der Waals surface area contributed by atoms with Gasteiger partial charge in [0, 0.05) is 12.2 Å². The number of carbonyl (C=O) groups excluding carboxylic acids is 2. The van der Waals surface area contributed by atoms with Crippen molar-refractivity contribution < 1.29 is 9.59 Å². The van der Waals surface area contributed by atoms with Crippen LogP contribution in [0.3, 0.4) is 0 Å². The summed E-state index contributed by atoms with van der Waals surface area (Å²) < 4.78 is 1.81. The van der Waals surface area contributed by atoms with E-state index in [1.54, 1.807) is 11.1 Å². The summed E-state index contributed by atoms with van der Waals surface area (Å²) in [6, 6.07) is 0.233. The van der Waals surface area contributed by atoms with Gasteiger partial charge in [0.25, 0.3) is 5.91 Å². The van der Waals surface area contributed by atoms with E-state index < -0.39 is 5.54 Å². The summed E-state index contributed by atoms with van der Waals surface area (Å²) in [6.45, 7) is 4.15. The van der Waals surface area contributed by atoms with Gasteiger partial charge in [-0.05, 0) is 26.7 Å². The number of nitrogens with one attached hydrogen (secondary N) is 1. The lowest BCUT2D eigenvalue weighted by atomic mass is 9.79. The summed E-state index contributed by atoms with van der Waals surface area (Å²) in [7, 11) is 0. The van der Waals surface area contributed by atoms with Gasteiger partial charge in [-0.15, -0.1) is 0 Å². The van der Waals surface area contributed by atoms with Gasteiger partial charge in [-0.25, -0.2) is 0 Å². The zero-order valence-electron chi connectivity index (χ0n) is 12.6. The second kappa shape index (κ2) is 5.16. The minimum atomic E-state index is -0.687. The lowest BCUT2D eigenvalue weighted by molar-refractivity contribution is -0.137. The quantitative estimate of drug-likeness (QED) is 0.900. The van der Waals surface area contributed by atoms with Crippen molar-refractivity contribution in [2.45, 2.75) is 57.5 Å². The van der Waals surface area contributed by atoms with Gasteiger partial charge in [0.15, 0.2) is 0 Å². The maximum absolute atomic E-state index is 12.9. The van der Waals surface area contributed by atoms with Crippen molar-refractivity contribution in [1.82, 2.24) is 15.1 Å². The van der Waals surface area contributed by atoms with E-state index >= 15 is 0 Å². The fourth-order valence-electron chi connectivity index (χ4n) is 3.29. The number of nitrogens with zero attached hydrogens (tertiary/aromatic N) is 3. The fourth-order valence-corrected chi connectivity index (χ4v) is 3.29. The maximum Gasteiger partial charge on any atom is 0.253 e. The van der Waals surface area contributed by atoms with Crippen LogP contribution in [0.1, 0.15) is 52.0 Å². The molecule has 1 saturated heterocycles. The SMILES string of the molecule is CC(C)n1cc(N2CC(=O)NC3(CCCCC3)C2=O)cn1. The van der Waals surface area contributed by atoms with Crippen LogP contribution in [-0.4, -0.2) is 33.7 Å². The third kappa shape index (κ3) is 2.43. The minimum Gasteiger partial charge on any atom is -0.340 e. The summed E-state index contributed by atoms with van der Waals surface area (Å²) in [4.78, 5) is 26.6. The molecule has 0 unspecified atom stereocenters.